The molecule has 8 heteroatoms. The van der Waals surface area contributed by atoms with Crippen molar-refractivity contribution in [3.8, 4) is 0 Å². The van der Waals surface area contributed by atoms with Gasteiger partial charge in [0.05, 0.1) is 16.9 Å². The highest BCUT2D eigenvalue weighted by atomic mass is 32.1. The van der Waals surface area contributed by atoms with Gasteiger partial charge in [-0.2, -0.15) is 0 Å². The van der Waals surface area contributed by atoms with E-state index in [2.05, 4.69) is 4.74 Å². The zero-order valence-corrected chi connectivity index (χ0v) is 11.0. The van der Waals surface area contributed by atoms with E-state index in [1.807, 2.05) is 0 Å². The highest BCUT2D eigenvalue weighted by molar-refractivity contribution is 7.17. The normalized spacial score (nSPS) is 18.4. The minimum absolute atomic E-state index is 0.0860. The van der Waals surface area contributed by atoms with Gasteiger partial charge in [0.2, 0.25) is 0 Å². The Morgan fingerprint density at radius 1 is 1.53 bits per heavy atom. The van der Waals surface area contributed by atoms with Crippen molar-refractivity contribution in [2.24, 2.45) is 0 Å². The Kier molecular flexibility index (Phi) is 3.79. The van der Waals surface area contributed by atoms with Crippen molar-refractivity contribution in [3.05, 3.63) is 27.1 Å². The van der Waals surface area contributed by atoms with Crippen molar-refractivity contribution in [3.63, 3.8) is 0 Å². The minimum atomic E-state index is -0.585. The molecule has 0 bridgehead atoms. The quantitative estimate of drug-likeness (QED) is 0.476. The molecule has 0 aromatic carbocycles. The Balaban J connectivity index is 2.18. The Hall–Kier alpha value is -1.96. The number of amides is 1. The highest BCUT2D eigenvalue weighted by Crippen LogP contribution is 2.28. The van der Waals surface area contributed by atoms with Crippen LogP contribution in [0.3, 0.4) is 0 Å². The van der Waals surface area contributed by atoms with Gasteiger partial charge in [0, 0.05) is 12.6 Å². The number of nitrogens with zero attached hydrogens (tertiary/aromatic N) is 2. The van der Waals surface area contributed by atoms with Crippen LogP contribution in [0, 0.1) is 10.1 Å². The second-order valence-corrected chi connectivity index (χ2v) is 5.14. The number of nitro groups is 1. The molecule has 1 aromatic rings. The Morgan fingerprint density at radius 3 is 2.84 bits per heavy atom. The zero-order chi connectivity index (χ0) is 14.0. The molecule has 0 aliphatic carbocycles. The van der Waals surface area contributed by atoms with Gasteiger partial charge in [-0.05, 0) is 18.9 Å². The Bertz CT molecular complexity index is 527. The number of carbonyl (C=O) groups excluding carboxylic acids is 2. The lowest BCUT2D eigenvalue weighted by Crippen LogP contribution is -2.40. The molecule has 0 saturated carbocycles. The molecule has 0 N–H and O–H groups in total. The molecule has 1 saturated heterocycles. The lowest BCUT2D eigenvalue weighted by molar-refractivity contribution is -0.380. The summed E-state index contributed by atoms with van der Waals surface area (Å²) in [6.45, 7) is 0.463. The molecule has 1 atom stereocenters. The fourth-order valence-corrected chi connectivity index (χ4v) is 2.85. The predicted octanol–water partition coefficient (Wildman–Crippen LogP) is 1.43. The Morgan fingerprint density at radius 2 is 2.26 bits per heavy atom. The van der Waals surface area contributed by atoms with Gasteiger partial charge >= 0.3 is 11.0 Å². The lowest BCUT2D eigenvalue weighted by Gasteiger charge is -2.21. The van der Waals surface area contributed by atoms with Crippen LogP contribution in [0.4, 0.5) is 5.00 Å². The summed E-state index contributed by atoms with van der Waals surface area (Å²) in [4.78, 5) is 35.5. The summed E-state index contributed by atoms with van der Waals surface area (Å²) in [5.41, 5.74) is 0. The first-order chi connectivity index (χ1) is 9.04. The number of carbonyl (C=O) groups is 2. The van der Waals surface area contributed by atoms with E-state index in [4.69, 9.17) is 0 Å². The summed E-state index contributed by atoms with van der Waals surface area (Å²) in [5.74, 6) is -0.803. The van der Waals surface area contributed by atoms with Gasteiger partial charge in [-0.1, -0.05) is 11.3 Å². The smallest absolute Gasteiger partial charge is 0.328 e. The summed E-state index contributed by atoms with van der Waals surface area (Å²) in [7, 11) is 1.28. The Labute approximate surface area is 112 Å². The average molecular weight is 284 g/mol. The first kappa shape index (κ1) is 13.5. The van der Waals surface area contributed by atoms with E-state index in [0.717, 1.165) is 17.8 Å². The number of thiophene rings is 1. The monoisotopic (exact) mass is 284 g/mol. The van der Waals surface area contributed by atoms with Crippen molar-refractivity contribution in [1.82, 2.24) is 4.90 Å². The summed E-state index contributed by atoms with van der Waals surface area (Å²) in [6, 6.07) is 2.12. The molecule has 1 amide bonds. The molecule has 102 valence electrons. The SMILES string of the molecule is COC(=O)C1CCCN1C(=O)c1ccc([N+](=O)[O-])s1. The van der Waals surface area contributed by atoms with Crippen LogP contribution < -0.4 is 0 Å². The minimum Gasteiger partial charge on any atom is -0.467 e. The molecular formula is C11H12N2O5S. The van der Waals surface area contributed by atoms with E-state index in [1.54, 1.807) is 0 Å². The third kappa shape index (κ3) is 2.58. The van der Waals surface area contributed by atoms with E-state index in [1.165, 1.54) is 24.1 Å². The number of likely N-dealkylation sites (tertiary alicyclic amines) is 1. The number of esters is 1. The fraction of sp³-hybridized carbons (Fsp3) is 0.455. The molecule has 19 heavy (non-hydrogen) atoms. The van der Waals surface area contributed by atoms with Crippen LogP contribution in [-0.4, -0.2) is 41.4 Å². The molecule has 2 rings (SSSR count). The zero-order valence-electron chi connectivity index (χ0n) is 10.2. The van der Waals surface area contributed by atoms with Crippen LogP contribution in [-0.2, 0) is 9.53 Å². The lowest BCUT2D eigenvalue weighted by atomic mass is 10.2. The average Bonchev–Trinajstić information content (AvgIpc) is 3.05. The fourth-order valence-electron chi connectivity index (χ4n) is 2.07. The maximum Gasteiger partial charge on any atom is 0.328 e. The van der Waals surface area contributed by atoms with Crippen molar-refractivity contribution in [2.45, 2.75) is 18.9 Å². The number of hydrogen-bond acceptors (Lipinski definition) is 6. The molecule has 0 spiro atoms. The van der Waals surface area contributed by atoms with Crippen molar-refractivity contribution in [1.29, 1.82) is 0 Å². The van der Waals surface area contributed by atoms with E-state index >= 15 is 0 Å². The number of ether oxygens (including phenoxy) is 1. The van der Waals surface area contributed by atoms with Crippen LogP contribution >= 0.6 is 11.3 Å². The van der Waals surface area contributed by atoms with Gasteiger partial charge in [0.15, 0.2) is 0 Å². The largest absolute Gasteiger partial charge is 0.467 e. The van der Waals surface area contributed by atoms with Gasteiger partial charge in [-0.15, -0.1) is 0 Å². The highest BCUT2D eigenvalue weighted by Gasteiger charge is 2.36. The first-order valence-electron chi connectivity index (χ1n) is 5.67. The third-order valence-electron chi connectivity index (χ3n) is 2.97. The molecule has 1 aliphatic rings. The van der Waals surface area contributed by atoms with Gasteiger partial charge < -0.3 is 9.64 Å². The van der Waals surface area contributed by atoms with Crippen molar-refractivity contribution in [2.75, 3.05) is 13.7 Å². The number of rotatable bonds is 3. The first-order valence-corrected chi connectivity index (χ1v) is 6.49. The van der Waals surface area contributed by atoms with Crippen LogP contribution in [0.5, 0.6) is 0 Å². The van der Waals surface area contributed by atoms with Gasteiger partial charge in [0.1, 0.15) is 6.04 Å². The van der Waals surface area contributed by atoms with Crippen LogP contribution in [0.15, 0.2) is 12.1 Å². The summed E-state index contributed by atoms with van der Waals surface area (Å²) >= 11 is 0.815. The molecule has 1 unspecified atom stereocenters. The summed E-state index contributed by atoms with van der Waals surface area (Å²) in [5, 5.41) is 10.5. The molecule has 7 nitrogen and oxygen atoms in total. The standard InChI is InChI=1S/C11H12N2O5S/c1-18-11(15)7-3-2-6-12(7)10(14)8-4-5-9(19-8)13(16)17/h4-5,7H,2-3,6H2,1H3. The summed E-state index contributed by atoms with van der Waals surface area (Å²) in [6.07, 6.45) is 1.28. The van der Waals surface area contributed by atoms with E-state index < -0.39 is 16.9 Å². The van der Waals surface area contributed by atoms with Crippen LogP contribution in [0.25, 0.3) is 0 Å². The topological polar surface area (TPSA) is 89.8 Å². The van der Waals surface area contributed by atoms with Crippen LogP contribution in [0.1, 0.15) is 22.5 Å². The number of hydrogen-bond donors (Lipinski definition) is 0. The van der Waals surface area contributed by atoms with Gasteiger partial charge in [0.25, 0.3) is 5.91 Å². The maximum atomic E-state index is 12.2. The molecule has 1 aromatic heterocycles. The second-order valence-electron chi connectivity index (χ2n) is 4.07. The molecule has 1 aliphatic heterocycles. The van der Waals surface area contributed by atoms with Gasteiger partial charge in [-0.25, -0.2) is 4.79 Å². The molecule has 0 radical (unpaired) electrons. The van der Waals surface area contributed by atoms with Crippen LogP contribution in [0.2, 0.25) is 0 Å². The predicted molar refractivity (Wildman–Crippen MR) is 67.0 cm³/mol. The number of methoxy groups -OCH3 is 1. The maximum absolute atomic E-state index is 12.2. The van der Waals surface area contributed by atoms with E-state index in [0.29, 0.717) is 13.0 Å². The molecule has 2 heterocycles. The summed E-state index contributed by atoms with van der Waals surface area (Å²) < 4.78 is 4.66. The molecular weight excluding hydrogens is 272 g/mol. The van der Waals surface area contributed by atoms with Gasteiger partial charge in [-0.3, -0.25) is 14.9 Å². The van der Waals surface area contributed by atoms with Crippen molar-refractivity contribution < 1.29 is 19.2 Å². The van der Waals surface area contributed by atoms with E-state index in [-0.39, 0.29) is 15.8 Å². The van der Waals surface area contributed by atoms with Crippen molar-refractivity contribution >= 4 is 28.2 Å². The molecule has 1 fully saturated rings. The third-order valence-corrected chi connectivity index (χ3v) is 3.99. The second kappa shape index (κ2) is 5.35. The van der Waals surface area contributed by atoms with E-state index in [9.17, 15) is 19.7 Å².